The standard InChI is InChI=1S/C16H23NOS/c1-11-10-13(4-5-14(11)15(17)19)18-12-6-8-16(2,3)9-7-12/h4-5,10,12H,6-9H2,1-3H3,(H2,17,19). The van der Waals surface area contributed by atoms with Crippen LogP contribution >= 0.6 is 12.2 Å². The van der Waals surface area contributed by atoms with E-state index in [1.165, 1.54) is 12.8 Å². The van der Waals surface area contributed by atoms with Crippen LogP contribution in [0.25, 0.3) is 0 Å². The Labute approximate surface area is 121 Å². The van der Waals surface area contributed by atoms with Crippen LogP contribution < -0.4 is 10.5 Å². The Hall–Kier alpha value is -1.09. The van der Waals surface area contributed by atoms with Crippen molar-refractivity contribution in [2.45, 2.75) is 52.6 Å². The van der Waals surface area contributed by atoms with Gasteiger partial charge in [0.05, 0.1) is 6.10 Å². The van der Waals surface area contributed by atoms with Gasteiger partial charge in [-0.15, -0.1) is 0 Å². The van der Waals surface area contributed by atoms with Gasteiger partial charge in [0, 0.05) is 5.56 Å². The zero-order chi connectivity index (χ0) is 14.0. The lowest BCUT2D eigenvalue weighted by Gasteiger charge is -2.34. The Balaban J connectivity index is 2.01. The van der Waals surface area contributed by atoms with Crippen LogP contribution in [0.3, 0.4) is 0 Å². The Kier molecular flexibility index (Phi) is 4.14. The fourth-order valence-corrected chi connectivity index (χ4v) is 2.90. The van der Waals surface area contributed by atoms with Gasteiger partial charge < -0.3 is 10.5 Å². The quantitative estimate of drug-likeness (QED) is 0.849. The van der Waals surface area contributed by atoms with E-state index >= 15 is 0 Å². The summed E-state index contributed by atoms with van der Waals surface area (Å²) in [5.41, 5.74) is 8.17. The molecular formula is C16H23NOS. The summed E-state index contributed by atoms with van der Waals surface area (Å²) in [6.07, 6.45) is 5.11. The van der Waals surface area contributed by atoms with Crippen molar-refractivity contribution in [3.8, 4) is 5.75 Å². The molecule has 0 saturated heterocycles. The van der Waals surface area contributed by atoms with Crippen LogP contribution in [0.5, 0.6) is 5.75 Å². The maximum atomic E-state index is 6.08. The monoisotopic (exact) mass is 277 g/mol. The molecule has 2 nitrogen and oxygen atoms in total. The first-order valence-electron chi connectivity index (χ1n) is 6.94. The van der Waals surface area contributed by atoms with Crippen LogP contribution in [0.1, 0.15) is 50.7 Å². The number of rotatable bonds is 3. The number of thiocarbonyl (C=S) groups is 1. The van der Waals surface area contributed by atoms with Crippen molar-refractivity contribution in [3.05, 3.63) is 29.3 Å². The SMILES string of the molecule is Cc1cc(OC2CCC(C)(C)CC2)ccc1C(N)=S. The Morgan fingerprint density at radius 1 is 1.32 bits per heavy atom. The normalized spacial score (nSPS) is 19.1. The number of hydrogen-bond donors (Lipinski definition) is 1. The zero-order valence-corrected chi connectivity index (χ0v) is 12.8. The largest absolute Gasteiger partial charge is 0.490 e. The van der Waals surface area contributed by atoms with Crippen LogP contribution in [0, 0.1) is 12.3 Å². The van der Waals surface area contributed by atoms with Crippen LogP contribution in [0.4, 0.5) is 0 Å². The summed E-state index contributed by atoms with van der Waals surface area (Å²) in [5, 5.41) is 0. The third-order valence-corrected chi connectivity index (χ3v) is 4.27. The maximum Gasteiger partial charge on any atom is 0.120 e. The molecule has 0 amide bonds. The van der Waals surface area contributed by atoms with E-state index in [0.717, 1.165) is 29.7 Å². The predicted molar refractivity (Wildman–Crippen MR) is 83.7 cm³/mol. The van der Waals surface area contributed by atoms with Gasteiger partial charge in [-0.05, 0) is 61.8 Å². The molecule has 1 saturated carbocycles. The molecule has 1 aliphatic carbocycles. The second kappa shape index (κ2) is 5.49. The first-order valence-corrected chi connectivity index (χ1v) is 7.35. The summed E-state index contributed by atoms with van der Waals surface area (Å²) in [6, 6.07) is 5.97. The molecule has 1 aromatic rings. The molecule has 0 heterocycles. The summed E-state index contributed by atoms with van der Waals surface area (Å²) in [4.78, 5) is 0.448. The van der Waals surface area contributed by atoms with E-state index in [4.69, 9.17) is 22.7 Å². The summed E-state index contributed by atoms with van der Waals surface area (Å²) < 4.78 is 6.08. The summed E-state index contributed by atoms with van der Waals surface area (Å²) in [7, 11) is 0. The minimum atomic E-state index is 0.350. The average Bonchev–Trinajstić information content (AvgIpc) is 2.31. The van der Waals surface area contributed by atoms with Crippen LogP contribution in [0.15, 0.2) is 18.2 Å². The average molecular weight is 277 g/mol. The van der Waals surface area contributed by atoms with Gasteiger partial charge in [-0.3, -0.25) is 0 Å². The zero-order valence-electron chi connectivity index (χ0n) is 12.0. The fourth-order valence-electron chi connectivity index (χ4n) is 2.67. The van der Waals surface area contributed by atoms with E-state index in [0.29, 0.717) is 16.5 Å². The van der Waals surface area contributed by atoms with Crippen molar-refractivity contribution in [1.82, 2.24) is 0 Å². The van der Waals surface area contributed by atoms with E-state index < -0.39 is 0 Å². The van der Waals surface area contributed by atoms with Crippen LogP contribution in [-0.2, 0) is 0 Å². The molecule has 0 unspecified atom stereocenters. The molecule has 0 spiro atoms. The van der Waals surface area contributed by atoms with E-state index in [1.54, 1.807) is 0 Å². The van der Waals surface area contributed by atoms with E-state index in [2.05, 4.69) is 13.8 Å². The van der Waals surface area contributed by atoms with Gasteiger partial charge >= 0.3 is 0 Å². The molecule has 3 heteroatoms. The van der Waals surface area contributed by atoms with Gasteiger partial charge in [0.2, 0.25) is 0 Å². The molecule has 104 valence electrons. The summed E-state index contributed by atoms with van der Waals surface area (Å²) in [6.45, 7) is 6.69. The lowest BCUT2D eigenvalue weighted by Crippen LogP contribution is -2.28. The molecule has 19 heavy (non-hydrogen) atoms. The molecule has 2 N–H and O–H groups in total. The molecule has 1 aliphatic rings. The third kappa shape index (κ3) is 3.69. The number of hydrogen-bond acceptors (Lipinski definition) is 2. The Morgan fingerprint density at radius 2 is 1.95 bits per heavy atom. The highest BCUT2D eigenvalue weighted by Crippen LogP contribution is 2.36. The van der Waals surface area contributed by atoms with Crippen molar-refractivity contribution < 1.29 is 4.74 Å². The molecule has 0 radical (unpaired) electrons. The number of benzene rings is 1. The highest BCUT2D eigenvalue weighted by atomic mass is 32.1. The van der Waals surface area contributed by atoms with Crippen molar-refractivity contribution >= 4 is 17.2 Å². The maximum absolute atomic E-state index is 6.08. The fraction of sp³-hybridized carbons (Fsp3) is 0.562. The molecular weight excluding hydrogens is 254 g/mol. The molecule has 0 aliphatic heterocycles. The van der Waals surface area contributed by atoms with Crippen LogP contribution in [0.2, 0.25) is 0 Å². The summed E-state index contributed by atoms with van der Waals surface area (Å²) >= 11 is 5.02. The van der Waals surface area contributed by atoms with E-state index in [-0.39, 0.29) is 0 Å². The van der Waals surface area contributed by atoms with Crippen LogP contribution in [-0.4, -0.2) is 11.1 Å². The molecule has 0 aromatic heterocycles. The smallest absolute Gasteiger partial charge is 0.120 e. The minimum Gasteiger partial charge on any atom is -0.490 e. The number of aryl methyl sites for hydroxylation is 1. The van der Waals surface area contributed by atoms with Crippen molar-refractivity contribution in [3.63, 3.8) is 0 Å². The minimum absolute atomic E-state index is 0.350. The molecule has 1 fully saturated rings. The predicted octanol–water partition coefficient (Wildman–Crippen LogP) is 3.98. The lowest BCUT2D eigenvalue weighted by atomic mass is 9.76. The van der Waals surface area contributed by atoms with Gasteiger partial charge in [-0.1, -0.05) is 26.1 Å². The van der Waals surface area contributed by atoms with Gasteiger partial charge in [-0.2, -0.15) is 0 Å². The Bertz CT molecular complexity index is 472. The van der Waals surface area contributed by atoms with Gasteiger partial charge in [0.25, 0.3) is 0 Å². The van der Waals surface area contributed by atoms with E-state index in [9.17, 15) is 0 Å². The molecule has 1 aromatic carbocycles. The first-order chi connectivity index (χ1) is 8.87. The number of nitrogens with two attached hydrogens (primary N) is 1. The van der Waals surface area contributed by atoms with Crippen molar-refractivity contribution in [1.29, 1.82) is 0 Å². The molecule has 0 atom stereocenters. The van der Waals surface area contributed by atoms with Gasteiger partial charge in [0.15, 0.2) is 0 Å². The van der Waals surface area contributed by atoms with Crippen molar-refractivity contribution in [2.24, 2.45) is 11.1 Å². The molecule has 0 bridgehead atoms. The highest BCUT2D eigenvalue weighted by Gasteiger charge is 2.27. The van der Waals surface area contributed by atoms with Gasteiger partial charge in [-0.25, -0.2) is 0 Å². The van der Waals surface area contributed by atoms with Gasteiger partial charge in [0.1, 0.15) is 10.7 Å². The van der Waals surface area contributed by atoms with Crippen molar-refractivity contribution in [2.75, 3.05) is 0 Å². The second-order valence-electron chi connectivity index (χ2n) is 6.32. The lowest BCUT2D eigenvalue weighted by molar-refractivity contribution is 0.0987. The summed E-state index contributed by atoms with van der Waals surface area (Å²) in [5.74, 6) is 0.933. The molecule has 2 rings (SSSR count). The number of ether oxygens (including phenoxy) is 1. The topological polar surface area (TPSA) is 35.2 Å². The first kappa shape index (κ1) is 14.3. The van der Waals surface area contributed by atoms with E-state index in [1.807, 2.05) is 25.1 Å². The Morgan fingerprint density at radius 3 is 2.47 bits per heavy atom. The highest BCUT2D eigenvalue weighted by molar-refractivity contribution is 7.80. The third-order valence-electron chi connectivity index (χ3n) is 4.05. The second-order valence-corrected chi connectivity index (χ2v) is 6.76.